The van der Waals surface area contributed by atoms with Crippen LogP contribution in [-0.4, -0.2) is 28.5 Å². The lowest BCUT2D eigenvalue weighted by atomic mass is 10.1. The highest BCUT2D eigenvalue weighted by molar-refractivity contribution is 8.02. The fourth-order valence-electron chi connectivity index (χ4n) is 2.63. The van der Waals surface area contributed by atoms with Gasteiger partial charge in [-0.25, -0.2) is 0 Å². The Bertz CT molecular complexity index is 990. The van der Waals surface area contributed by atoms with E-state index in [1.54, 1.807) is 7.11 Å². The van der Waals surface area contributed by atoms with Crippen LogP contribution in [0.5, 0.6) is 5.75 Å². The number of nitrogens with one attached hydrogen (secondary N) is 2. The van der Waals surface area contributed by atoms with E-state index in [2.05, 4.69) is 46.8 Å². The Morgan fingerprint density at radius 2 is 1.97 bits per heavy atom. The van der Waals surface area contributed by atoms with Crippen LogP contribution in [-0.2, 0) is 11.3 Å². The van der Waals surface area contributed by atoms with Gasteiger partial charge in [0.15, 0.2) is 4.34 Å². The Labute approximate surface area is 179 Å². The van der Waals surface area contributed by atoms with Crippen LogP contribution >= 0.6 is 23.1 Å². The molecule has 1 heterocycles. The zero-order valence-corrected chi connectivity index (χ0v) is 18.5. The molecule has 0 fully saturated rings. The lowest BCUT2D eigenvalue weighted by molar-refractivity contribution is -0.120. The summed E-state index contributed by atoms with van der Waals surface area (Å²) in [5.74, 6) is 0.707. The normalized spacial score (nSPS) is 11.7. The van der Waals surface area contributed by atoms with Gasteiger partial charge in [-0.3, -0.25) is 4.79 Å². The minimum absolute atomic E-state index is 0.0558. The van der Waals surface area contributed by atoms with E-state index in [0.717, 1.165) is 21.3 Å². The van der Waals surface area contributed by atoms with E-state index in [-0.39, 0.29) is 11.2 Å². The van der Waals surface area contributed by atoms with Gasteiger partial charge >= 0.3 is 0 Å². The molecule has 0 saturated carbocycles. The number of thioether (sulfide) groups is 1. The molecule has 0 saturated heterocycles. The molecule has 6 nitrogen and oxygen atoms in total. The number of nitrogens with zero attached hydrogens (tertiary/aromatic N) is 2. The van der Waals surface area contributed by atoms with Crippen LogP contribution in [0.4, 0.5) is 10.8 Å². The van der Waals surface area contributed by atoms with Crippen LogP contribution in [0.1, 0.15) is 23.6 Å². The van der Waals surface area contributed by atoms with Crippen molar-refractivity contribution in [3.05, 3.63) is 59.2 Å². The smallest absolute Gasteiger partial charge is 0.233 e. The zero-order valence-electron chi connectivity index (χ0n) is 16.9. The molecular formula is C21H24N4O2S2. The molecular weight excluding hydrogens is 404 g/mol. The lowest BCUT2D eigenvalue weighted by Gasteiger charge is -2.12. The molecule has 3 rings (SSSR count). The number of ether oxygens (including phenoxy) is 1. The number of aromatic nitrogens is 2. The number of rotatable bonds is 8. The first kappa shape index (κ1) is 21.1. The molecule has 0 aliphatic heterocycles. The van der Waals surface area contributed by atoms with Crippen LogP contribution in [0.15, 0.2) is 46.8 Å². The van der Waals surface area contributed by atoms with Gasteiger partial charge in [-0.15, -0.1) is 10.2 Å². The summed E-state index contributed by atoms with van der Waals surface area (Å²) in [5, 5.41) is 15.0. The second-order valence-electron chi connectivity index (χ2n) is 6.59. The first-order chi connectivity index (χ1) is 14.0. The molecule has 0 radical (unpaired) electrons. The highest BCUT2D eigenvalue weighted by Crippen LogP contribution is 2.31. The first-order valence-corrected chi connectivity index (χ1v) is 10.9. The number of methoxy groups -OCH3 is 1. The maximum atomic E-state index is 12.5. The van der Waals surface area contributed by atoms with Gasteiger partial charge in [0, 0.05) is 17.8 Å². The van der Waals surface area contributed by atoms with Gasteiger partial charge in [0.1, 0.15) is 5.75 Å². The van der Waals surface area contributed by atoms with Gasteiger partial charge in [0.25, 0.3) is 0 Å². The monoisotopic (exact) mass is 428 g/mol. The average Bonchev–Trinajstić information content (AvgIpc) is 3.15. The number of hydrogen-bond donors (Lipinski definition) is 2. The average molecular weight is 429 g/mol. The summed E-state index contributed by atoms with van der Waals surface area (Å²) in [6, 6.07) is 13.8. The van der Waals surface area contributed by atoms with Crippen LogP contribution in [0.2, 0.25) is 0 Å². The largest absolute Gasteiger partial charge is 0.496 e. The van der Waals surface area contributed by atoms with E-state index in [1.165, 1.54) is 34.2 Å². The molecule has 1 unspecified atom stereocenters. The minimum atomic E-state index is -0.285. The molecule has 0 spiro atoms. The highest BCUT2D eigenvalue weighted by atomic mass is 32.2. The Morgan fingerprint density at radius 3 is 2.72 bits per heavy atom. The third-order valence-corrected chi connectivity index (χ3v) is 6.48. The number of amides is 1. The van der Waals surface area contributed by atoms with Crippen molar-refractivity contribution in [2.45, 2.75) is 36.9 Å². The molecule has 29 heavy (non-hydrogen) atoms. The summed E-state index contributed by atoms with van der Waals surface area (Å²) in [6.07, 6.45) is 0. The summed E-state index contributed by atoms with van der Waals surface area (Å²) in [4.78, 5) is 12.5. The minimum Gasteiger partial charge on any atom is -0.496 e. The molecule has 8 heteroatoms. The second kappa shape index (κ2) is 9.76. The summed E-state index contributed by atoms with van der Waals surface area (Å²) in [6.45, 7) is 6.44. The molecule has 0 bridgehead atoms. The fraction of sp³-hybridized carbons (Fsp3) is 0.286. The van der Waals surface area contributed by atoms with Crippen LogP contribution in [0, 0.1) is 13.8 Å². The van der Waals surface area contributed by atoms with Crippen molar-refractivity contribution < 1.29 is 9.53 Å². The van der Waals surface area contributed by atoms with E-state index < -0.39 is 0 Å². The molecule has 3 aromatic rings. The number of anilines is 2. The second-order valence-corrected chi connectivity index (χ2v) is 9.15. The number of benzene rings is 2. The van der Waals surface area contributed by atoms with Crippen molar-refractivity contribution >= 4 is 39.8 Å². The Kier molecular flexibility index (Phi) is 7.11. The zero-order chi connectivity index (χ0) is 20.8. The summed E-state index contributed by atoms with van der Waals surface area (Å²) in [7, 11) is 1.62. The third kappa shape index (κ3) is 5.71. The van der Waals surface area contributed by atoms with Crippen molar-refractivity contribution in [1.82, 2.24) is 15.5 Å². The van der Waals surface area contributed by atoms with E-state index in [9.17, 15) is 4.79 Å². The number of hydrogen-bond acceptors (Lipinski definition) is 7. The fourth-order valence-corrected chi connectivity index (χ4v) is 4.57. The number of carbonyl (C=O) groups excluding carboxylic acids is 1. The molecule has 2 N–H and O–H groups in total. The Hall–Kier alpha value is -2.58. The van der Waals surface area contributed by atoms with Crippen LogP contribution in [0.25, 0.3) is 0 Å². The maximum absolute atomic E-state index is 12.5. The summed E-state index contributed by atoms with van der Waals surface area (Å²) >= 11 is 2.83. The molecule has 1 aromatic heterocycles. The topological polar surface area (TPSA) is 76.1 Å². The highest BCUT2D eigenvalue weighted by Gasteiger charge is 2.17. The van der Waals surface area contributed by atoms with Gasteiger partial charge in [-0.1, -0.05) is 47.4 Å². The standard InChI is InChI=1S/C21H24N4O2S2/c1-13-9-10-17(11-14(13)2)23-20-24-25-21(29-20)28-15(3)19(26)22-12-16-7-5-6-8-18(16)27-4/h5-11,15H,12H2,1-4H3,(H,22,26)(H,23,24). The van der Waals surface area contributed by atoms with Gasteiger partial charge in [-0.05, 0) is 50.1 Å². The Balaban J connectivity index is 1.54. The molecule has 1 atom stereocenters. The molecule has 1 amide bonds. The van der Waals surface area contributed by atoms with E-state index in [1.807, 2.05) is 37.3 Å². The van der Waals surface area contributed by atoms with Crippen molar-refractivity contribution in [1.29, 1.82) is 0 Å². The number of aryl methyl sites for hydroxylation is 2. The Morgan fingerprint density at radius 1 is 1.17 bits per heavy atom. The van der Waals surface area contributed by atoms with E-state index in [0.29, 0.717) is 11.7 Å². The number of carbonyl (C=O) groups is 1. The SMILES string of the molecule is COc1ccccc1CNC(=O)C(C)Sc1nnc(Nc2ccc(C)c(C)c2)s1. The van der Waals surface area contributed by atoms with Crippen LogP contribution in [0.3, 0.4) is 0 Å². The molecule has 2 aromatic carbocycles. The van der Waals surface area contributed by atoms with Crippen molar-refractivity contribution in [2.24, 2.45) is 0 Å². The first-order valence-electron chi connectivity index (χ1n) is 9.20. The van der Waals surface area contributed by atoms with E-state index >= 15 is 0 Å². The summed E-state index contributed by atoms with van der Waals surface area (Å²) in [5.41, 5.74) is 4.38. The van der Waals surface area contributed by atoms with Gasteiger partial charge in [0.05, 0.1) is 12.4 Å². The predicted octanol–water partition coefficient (Wildman–Crippen LogP) is 4.70. The van der Waals surface area contributed by atoms with Crippen molar-refractivity contribution in [3.63, 3.8) is 0 Å². The van der Waals surface area contributed by atoms with E-state index in [4.69, 9.17) is 4.74 Å². The summed E-state index contributed by atoms with van der Waals surface area (Å²) < 4.78 is 6.07. The maximum Gasteiger partial charge on any atom is 0.233 e. The quantitative estimate of drug-likeness (QED) is 0.506. The molecule has 152 valence electrons. The van der Waals surface area contributed by atoms with Gasteiger partial charge < -0.3 is 15.4 Å². The van der Waals surface area contributed by atoms with Gasteiger partial charge in [-0.2, -0.15) is 0 Å². The lowest BCUT2D eigenvalue weighted by Crippen LogP contribution is -2.30. The molecule has 0 aliphatic rings. The van der Waals surface area contributed by atoms with Crippen molar-refractivity contribution in [2.75, 3.05) is 12.4 Å². The number of para-hydroxylation sites is 1. The third-order valence-electron chi connectivity index (χ3n) is 4.46. The predicted molar refractivity (Wildman–Crippen MR) is 119 cm³/mol. The van der Waals surface area contributed by atoms with Gasteiger partial charge in [0.2, 0.25) is 11.0 Å². The van der Waals surface area contributed by atoms with Crippen LogP contribution < -0.4 is 15.4 Å². The van der Waals surface area contributed by atoms with Crippen molar-refractivity contribution in [3.8, 4) is 5.75 Å². The molecule has 0 aliphatic carbocycles.